The molecule has 1 spiro atoms. The van der Waals surface area contributed by atoms with E-state index in [1.165, 1.54) is 0 Å². The zero-order chi connectivity index (χ0) is 21.7. The Bertz CT molecular complexity index is 1190. The molecule has 0 bridgehead atoms. The molecule has 0 saturated carbocycles. The van der Waals surface area contributed by atoms with Crippen molar-refractivity contribution < 1.29 is 19.2 Å². The first-order valence-corrected chi connectivity index (χ1v) is 10.9. The minimum absolute atomic E-state index is 0.298. The van der Waals surface area contributed by atoms with Crippen molar-refractivity contribution in [1.29, 1.82) is 0 Å². The molecule has 0 radical (unpaired) electrons. The lowest BCUT2D eigenvalue weighted by molar-refractivity contribution is -0.124. The molecule has 3 heterocycles. The molecule has 2 aromatic rings. The Kier molecular flexibility index (Phi) is 3.73. The molecule has 2 aromatic carbocycles. The van der Waals surface area contributed by atoms with Crippen LogP contribution in [0, 0.1) is 18.8 Å². The van der Waals surface area contributed by atoms with Gasteiger partial charge in [0.15, 0.2) is 17.1 Å². The van der Waals surface area contributed by atoms with E-state index < -0.39 is 23.3 Å². The summed E-state index contributed by atoms with van der Waals surface area (Å²) in [5, 5.41) is 0.413. The number of hydrogen-bond donors (Lipinski definition) is 0. The molecular weight excluding hydrogens is 416 g/mol. The van der Waals surface area contributed by atoms with Crippen molar-refractivity contribution in [3.8, 4) is 0 Å². The molecule has 7 heteroatoms. The number of imide groups is 1. The van der Waals surface area contributed by atoms with Crippen LogP contribution in [0.25, 0.3) is 0 Å². The minimum Gasteiger partial charge on any atom is -0.291 e. The van der Waals surface area contributed by atoms with E-state index in [2.05, 4.69) is 0 Å². The van der Waals surface area contributed by atoms with Crippen LogP contribution in [0.1, 0.15) is 39.1 Å². The van der Waals surface area contributed by atoms with Crippen LogP contribution in [0.15, 0.2) is 42.5 Å². The fourth-order valence-corrected chi connectivity index (χ4v) is 6.46. The third kappa shape index (κ3) is 2.07. The Morgan fingerprint density at radius 1 is 0.968 bits per heavy atom. The Labute approximate surface area is 183 Å². The molecule has 6 nitrogen and oxygen atoms in total. The van der Waals surface area contributed by atoms with Gasteiger partial charge in [-0.25, -0.2) is 4.90 Å². The van der Waals surface area contributed by atoms with E-state index in [1.54, 1.807) is 49.4 Å². The number of halogens is 1. The van der Waals surface area contributed by atoms with Gasteiger partial charge in [-0.1, -0.05) is 41.9 Å². The van der Waals surface area contributed by atoms with Crippen molar-refractivity contribution in [3.05, 3.63) is 64.2 Å². The molecule has 4 aliphatic rings. The van der Waals surface area contributed by atoms with Crippen LogP contribution in [0.5, 0.6) is 0 Å². The Morgan fingerprint density at radius 2 is 1.65 bits per heavy atom. The smallest absolute Gasteiger partial charge is 0.240 e. The Hall–Kier alpha value is -2.83. The molecule has 156 valence electrons. The number of rotatable bonds is 1. The first-order valence-electron chi connectivity index (χ1n) is 10.5. The first-order chi connectivity index (χ1) is 14.9. The molecule has 0 N–H and O–H groups in total. The zero-order valence-corrected chi connectivity index (χ0v) is 17.6. The topological polar surface area (TPSA) is 74.8 Å². The Balaban J connectivity index is 1.56. The quantitative estimate of drug-likeness (QED) is 0.509. The largest absolute Gasteiger partial charge is 0.291 e. The van der Waals surface area contributed by atoms with E-state index in [-0.39, 0.29) is 23.5 Å². The molecule has 3 unspecified atom stereocenters. The van der Waals surface area contributed by atoms with Gasteiger partial charge >= 0.3 is 0 Å². The van der Waals surface area contributed by atoms with E-state index >= 15 is 0 Å². The summed E-state index contributed by atoms with van der Waals surface area (Å²) in [6, 6.07) is 11.5. The molecule has 6 rings (SSSR count). The molecule has 2 amide bonds. The average molecular weight is 435 g/mol. The van der Waals surface area contributed by atoms with Crippen LogP contribution in [0.2, 0.25) is 5.02 Å². The number of Topliss-reactive ketones (excluding diaryl/α,β-unsaturated/α-hetero) is 2. The highest BCUT2D eigenvalue weighted by atomic mass is 35.5. The minimum atomic E-state index is -1.62. The number of carbonyl (C=O) groups excluding carboxylic acids is 4. The van der Waals surface area contributed by atoms with Gasteiger partial charge in [-0.2, -0.15) is 0 Å². The van der Waals surface area contributed by atoms with E-state index in [4.69, 9.17) is 11.6 Å². The summed E-state index contributed by atoms with van der Waals surface area (Å²) in [5.74, 6) is -3.25. The molecule has 3 fully saturated rings. The molecule has 3 saturated heterocycles. The summed E-state index contributed by atoms with van der Waals surface area (Å²) in [6.07, 6.45) is 1.46. The van der Waals surface area contributed by atoms with E-state index in [1.807, 2.05) is 4.90 Å². The van der Waals surface area contributed by atoms with Crippen molar-refractivity contribution >= 4 is 40.7 Å². The maximum absolute atomic E-state index is 13.8. The predicted molar refractivity (Wildman–Crippen MR) is 113 cm³/mol. The molecule has 31 heavy (non-hydrogen) atoms. The maximum Gasteiger partial charge on any atom is 0.240 e. The zero-order valence-electron chi connectivity index (χ0n) is 16.8. The third-order valence-corrected chi connectivity index (χ3v) is 7.72. The number of carbonyl (C=O) groups is 4. The van der Waals surface area contributed by atoms with Gasteiger partial charge in [-0.3, -0.25) is 24.1 Å². The number of nitrogens with zero attached hydrogens (tertiary/aromatic N) is 2. The maximum atomic E-state index is 13.8. The monoisotopic (exact) mass is 434 g/mol. The second-order valence-electron chi connectivity index (χ2n) is 8.82. The van der Waals surface area contributed by atoms with E-state index in [9.17, 15) is 19.2 Å². The third-order valence-electron chi connectivity index (χ3n) is 7.49. The van der Waals surface area contributed by atoms with Crippen LogP contribution in [0.4, 0.5) is 5.69 Å². The number of ketones is 2. The highest BCUT2D eigenvalue weighted by molar-refractivity contribution is 6.38. The standard InChI is InChI=1S/C24H19ClN2O4/c1-12-8-9-13(25)11-17(12)27-22(30)18-16-7-4-10-26(16)24(19(18)23(27)31)20(28)14-5-2-3-6-15(14)21(24)29/h2-3,5-6,8-9,11,16,18-19H,4,7,10H2,1H3. The Morgan fingerprint density at radius 3 is 2.32 bits per heavy atom. The summed E-state index contributed by atoms with van der Waals surface area (Å²) in [5.41, 5.74) is 0.222. The predicted octanol–water partition coefficient (Wildman–Crippen LogP) is 3.05. The summed E-state index contributed by atoms with van der Waals surface area (Å²) >= 11 is 6.16. The van der Waals surface area contributed by atoms with Gasteiger partial charge in [0.05, 0.1) is 17.5 Å². The van der Waals surface area contributed by atoms with Crippen LogP contribution in [-0.2, 0) is 9.59 Å². The van der Waals surface area contributed by atoms with Crippen LogP contribution < -0.4 is 4.90 Å². The van der Waals surface area contributed by atoms with Crippen molar-refractivity contribution in [2.24, 2.45) is 11.8 Å². The highest BCUT2D eigenvalue weighted by Crippen LogP contribution is 2.57. The van der Waals surface area contributed by atoms with Crippen molar-refractivity contribution in [2.45, 2.75) is 31.3 Å². The molecule has 3 atom stereocenters. The number of anilines is 1. The number of amides is 2. The first kappa shape index (κ1) is 18.9. The lowest BCUT2D eigenvalue weighted by Crippen LogP contribution is -2.59. The van der Waals surface area contributed by atoms with Gasteiger partial charge in [0.2, 0.25) is 11.8 Å². The number of fused-ring (bicyclic) bond motifs is 6. The molecular formula is C24H19ClN2O4. The SMILES string of the molecule is Cc1ccc(Cl)cc1N1C(=O)C2C3CCCN3C3(C(=O)c4ccccc4C3=O)C2C1=O. The second kappa shape index (κ2) is 6.11. The van der Waals surface area contributed by atoms with Crippen LogP contribution >= 0.6 is 11.6 Å². The van der Waals surface area contributed by atoms with E-state index in [0.717, 1.165) is 16.9 Å². The summed E-state index contributed by atoms with van der Waals surface area (Å²) < 4.78 is 0. The number of aryl methyl sites for hydroxylation is 1. The van der Waals surface area contributed by atoms with Crippen molar-refractivity contribution in [2.75, 3.05) is 11.4 Å². The van der Waals surface area contributed by atoms with Gasteiger partial charge in [-0.05, 0) is 44.0 Å². The van der Waals surface area contributed by atoms with Crippen LogP contribution in [0.3, 0.4) is 0 Å². The lowest BCUT2D eigenvalue weighted by Gasteiger charge is -2.35. The van der Waals surface area contributed by atoms with Gasteiger partial charge < -0.3 is 0 Å². The van der Waals surface area contributed by atoms with Gasteiger partial charge in [0.25, 0.3) is 0 Å². The fourth-order valence-electron chi connectivity index (χ4n) is 6.30. The highest BCUT2D eigenvalue weighted by Gasteiger charge is 2.76. The summed E-state index contributed by atoms with van der Waals surface area (Å²) in [4.78, 5) is 58.0. The van der Waals surface area contributed by atoms with Crippen LogP contribution in [-0.4, -0.2) is 46.4 Å². The normalized spacial score (nSPS) is 28.6. The van der Waals surface area contributed by atoms with Gasteiger partial charge in [-0.15, -0.1) is 0 Å². The number of benzene rings is 2. The summed E-state index contributed by atoms with van der Waals surface area (Å²) in [7, 11) is 0. The second-order valence-corrected chi connectivity index (χ2v) is 9.26. The molecule has 1 aliphatic carbocycles. The average Bonchev–Trinajstić information content (AvgIpc) is 3.45. The van der Waals surface area contributed by atoms with E-state index in [0.29, 0.717) is 34.8 Å². The lowest BCUT2D eigenvalue weighted by atomic mass is 9.76. The van der Waals surface area contributed by atoms with Crippen molar-refractivity contribution in [3.63, 3.8) is 0 Å². The summed E-state index contributed by atoms with van der Waals surface area (Å²) in [6.45, 7) is 2.33. The molecule has 0 aromatic heterocycles. The van der Waals surface area contributed by atoms with Gasteiger partial charge in [0.1, 0.15) is 0 Å². The number of hydrogen-bond acceptors (Lipinski definition) is 5. The van der Waals surface area contributed by atoms with Crippen molar-refractivity contribution in [1.82, 2.24) is 4.90 Å². The molecule has 3 aliphatic heterocycles. The fraction of sp³-hybridized carbons (Fsp3) is 0.333. The van der Waals surface area contributed by atoms with Gasteiger partial charge in [0, 0.05) is 22.2 Å².